The molecule has 5 N–H and O–H groups in total. The Morgan fingerprint density at radius 3 is 2.11 bits per heavy atom. The fraction of sp³-hybridized carbons (Fsp3) is 0.444. The first kappa shape index (κ1) is 29.0. The lowest BCUT2D eigenvalue weighted by Gasteiger charge is -2.28. The summed E-state index contributed by atoms with van der Waals surface area (Å²) in [4.78, 5) is 40.1. The van der Waals surface area contributed by atoms with Crippen LogP contribution in [-0.4, -0.2) is 77.9 Å². The molecule has 3 atom stereocenters. The van der Waals surface area contributed by atoms with Crippen molar-refractivity contribution in [2.45, 2.75) is 51.4 Å². The number of ether oxygens (including phenoxy) is 1. The predicted molar refractivity (Wildman–Crippen MR) is 137 cm³/mol. The highest BCUT2D eigenvalue weighted by Crippen LogP contribution is 2.16. The number of aliphatic hydroxyl groups is 2. The molecule has 0 radical (unpaired) electrons. The van der Waals surface area contributed by atoms with Crippen molar-refractivity contribution >= 4 is 17.7 Å². The molecule has 0 saturated heterocycles. The van der Waals surface area contributed by atoms with Crippen LogP contribution >= 0.6 is 0 Å². The van der Waals surface area contributed by atoms with E-state index in [2.05, 4.69) is 5.32 Å². The van der Waals surface area contributed by atoms with Gasteiger partial charge in [-0.1, -0.05) is 44.2 Å². The van der Waals surface area contributed by atoms with Crippen LogP contribution in [0.2, 0.25) is 0 Å². The second-order valence-electron chi connectivity index (χ2n) is 8.74. The third-order valence-electron chi connectivity index (χ3n) is 5.76. The van der Waals surface area contributed by atoms with Crippen molar-refractivity contribution < 1.29 is 29.3 Å². The van der Waals surface area contributed by atoms with E-state index >= 15 is 0 Å². The molecule has 0 fully saturated rings. The lowest BCUT2D eigenvalue weighted by atomic mass is 9.97. The van der Waals surface area contributed by atoms with E-state index in [9.17, 15) is 24.6 Å². The van der Waals surface area contributed by atoms with Gasteiger partial charge in [0.05, 0.1) is 12.6 Å². The SMILES string of the molecule is CCCN(CCC)C(=O)c1cc(C(N)=O)cc(C(=O)NC(Cc2ccccc2)C(O)C(O)COC)c1. The van der Waals surface area contributed by atoms with E-state index in [1.165, 1.54) is 25.3 Å². The van der Waals surface area contributed by atoms with Crippen molar-refractivity contribution in [1.82, 2.24) is 10.2 Å². The number of carbonyl (C=O) groups is 3. The quantitative estimate of drug-likeness (QED) is 0.312. The van der Waals surface area contributed by atoms with E-state index < -0.39 is 30.1 Å². The molecule has 9 heteroatoms. The number of aliphatic hydroxyl groups excluding tert-OH is 2. The zero-order valence-electron chi connectivity index (χ0n) is 21.1. The topological polar surface area (TPSA) is 142 Å². The lowest BCUT2D eigenvalue weighted by molar-refractivity contribution is -0.0407. The minimum atomic E-state index is -1.33. The first-order valence-electron chi connectivity index (χ1n) is 12.2. The van der Waals surface area contributed by atoms with Gasteiger partial charge in [-0.25, -0.2) is 0 Å². The van der Waals surface area contributed by atoms with Gasteiger partial charge in [-0.05, 0) is 43.0 Å². The van der Waals surface area contributed by atoms with Crippen LogP contribution in [0.4, 0.5) is 0 Å². The van der Waals surface area contributed by atoms with Gasteiger partial charge in [0.25, 0.3) is 11.8 Å². The first-order valence-corrected chi connectivity index (χ1v) is 12.2. The highest BCUT2D eigenvalue weighted by Gasteiger charge is 2.29. The number of nitrogens with two attached hydrogens (primary N) is 1. The molecular weight excluding hydrogens is 462 g/mol. The molecule has 0 aliphatic heterocycles. The highest BCUT2D eigenvalue weighted by molar-refractivity contribution is 6.04. The highest BCUT2D eigenvalue weighted by atomic mass is 16.5. The van der Waals surface area contributed by atoms with Gasteiger partial charge in [0, 0.05) is 36.9 Å². The number of rotatable bonds is 14. The average Bonchev–Trinajstić information content (AvgIpc) is 2.87. The summed E-state index contributed by atoms with van der Waals surface area (Å²) in [6.45, 7) is 4.88. The van der Waals surface area contributed by atoms with Gasteiger partial charge in [-0.2, -0.15) is 0 Å². The fourth-order valence-electron chi connectivity index (χ4n) is 3.98. The fourth-order valence-corrected chi connectivity index (χ4v) is 3.98. The van der Waals surface area contributed by atoms with Crippen LogP contribution in [0.1, 0.15) is 63.3 Å². The lowest BCUT2D eigenvalue weighted by Crippen LogP contribution is -2.51. The van der Waals surface area contributed by atoms with Crippen LogP contribution in [0.3, 0.4) is 0 Å². The molecule has 0 heterocycles. The van der Waals surface area contributed by atoms with Crippen molar-refractivity contribution in [3.05, 3.63) is 70.8 Å². The molecule has 2 rings (SSSR count). The second kappa shape index (κ2) is 14.3. The molecule has 0 aromatic heterocycles. The van der Waals surface area contributed by atoms with E-state index in [0.29, 0.717) is 13.1 Å². The summed E-state index contributed by atoms with van der Waals surface area (Å²) < 4.78 is 4.94. The molecule has 0 bridgehead atoms. The van der Waals surface area contributed by atoms with Crippen LogP contribution in [0.15, 0.2) is 48.5 Å². The third-order valence-corrected chi connectivity index (χ3v) is 5.76. The normalized spacial score (nSPS) is 13.5. The summed E-state index contributed by atoms with van der Waals surface area (Å²) in [6.07, 6.45) is -0.820. The monoisotopic (exact) mass is 499 g/mol. The zero-order chi connectivity index (χ0) is 26.7. The van der Waals surface area contributed by atoms with Gasteiger partial charge in [0.15, 0.2) is 0 Å². The van der Waals surface area contributed by atoms with E-state index in [-0.39, 0.29) is 35.6 Å². The molecule has 0 aliphatic rings. The number of nitrogens with one attached hydrogen (secondary N) is 1. The molecule has 0 saturated carbocycles. The van der Waals surface area contributed by atoms with E-state index in [4.69, 9.17) is 10.5 Å². The van der Waals surface area contributed by atoms with Gasteiger partial charge >= 0.3 is 0 Å². The number of methoxy groups -OCH3 is 1. The maximum atomic E-state index is 13.3. The van der Waals surface area contributed by atoms with E-state index in [0.717, 1.165) is 18.4 Å². The Morgan fingerprint density at radius 1 is 0.972 bits per heavy atom. The molecule has 0 spiro atoms. The summed E-state index contributed by atoms with van der Waals surface area (Å²) in [7, 11) is 1.40. The van der Waals surface area contributed by atoms with Gasteiger partial charge in [0.2, 0.25) is 5.91 Å². The smallest absolute Gasteiger partial charge is 0.253 e. The summed E-state index contributed by atoms with van der Waals surface area (Å²) in [5.74, 6) is -1.69. The van der Waals surface area contributed by atoms with E-state index in [1.807, 2.05) is 44.2 Å². The number of primary amides is 1. The minimum absolute atomic E-state index is 0.0264. The molecule has 2 aromatic rings. The Hall–Kier alpha value is -3.27. The number of hydrogen-bond donors (Lipinski definition) is 4. The Bertz CT molecular complexity index is 1010. The number of amides is 3. The Labute approximate surface area is 212 Å². The Morgan fingerprint density at radius 2 is 1.56 bits per heavy atom. The molecule has 196 valence electrons. The maximum Gasteiger partial charge on any atom is 0.253 e. The van der Waals surface area contributed by atoms with E-state index in [1.54, 1.807) is 4.90 Å². The average molecular weight is 500 g/mol. The summed E-state index contributed by atoms with van der Waals surface area (Å²) in [5, 5.41) is 23.8. The number of benzene rings is 2. The van der Waals surface area contributed by atoms with Crippen molar-refractivity contribution in [3.8, 4) is 0 Å². The van der Waals surface area contributed by atoms with Crippen LogP contribution in [0.5, 0.6) is 0 Å². The summed E-state index contributed by atoms with van der Waals surface area (Å²) in [6, 6.07) is 12.4. The molecule has 3 amide bonds. The molecule has 0 aliphatic carbocycles. The Kier molecular flexibility index (Phi) is 11.5. The van der Waals surface area contributed by atoms with Gasteiger partial charge in [0.1, 0.15) is 12.2 Å². The number of hydrogen-bond acceptors (Lipinski definition) is 6. The second-order valence-corrected chi connectivity index (χ2v) is 8.74. The predicted octanol–water partition coefficient (Wildman–Crippen LogP) is 1.76. The van der Waals surface area contributed by atoms with Crippen molar-refractivity contribution in [3.63, 3.8) is 0 Å². The van der Waals surface area contributed by atoms with Gasteiger partial charge < -0.3 is 30.9 Å². The molecule has 9 nitrogen and oxygen atoms in total. The molecule has 3 unspecified atom stereocenters. The molecule has 36 heavy (non-hydrogen) atoms. The summed E-state index contributed by atoms with van der Waals surface area (Å²) in [5.41, 5.74) is 6.58. The van der Waals surface area contributed by atoms with Crippen LogP contribution < -0.4 is 11.1 Å². The van der Waals surface area contributed by atoms with Gasteiger partial charge in [-0.3, -0.25) is 14.4 Å². The Balaban J connectivity index is 2.39. The van der Waals surface area contributed by atoms with Crippen molar-refractivity contribution in [1.29, 1.82) is 0 Å². The summed E-state index contributed by atoms with van der Waals surface area (Å²) >= 11 is 0. The van der Waals surface area contributed by atoms with Crippen LogP contribution in [0.25, 0.3) is 0 Å². The minimum Gasteiger partial charge on any atom is -0.388 e. The third kappa shape index (κ3) is 8.15. The van der Waals surface area contributed by atoms with Crippen molar-refractivity contribution in [2.24, 2.45) is 5.73 Å². The molecular formula is C27H37N3O6. The van der Waals surface area contributed by atoms with Crippen molar-refractivity contribution in [2.75, 3.05) is 26.8 Å². The first-order chi connectivity index (χ1) is 17.2. The standard InChI is InChI=1S/C27H37N3O6/c1-4-11-30(12-5-2)27(35)21-15-19(25(28)33)14-20(16-21)26(34)29-22(24(32)23(31)17-36-3)13-18-9-7-6-8-10-18/h6-10,14-16,22-24,31-32H,4-5,11-13,17H2,1-3H3,(H2,28,33)(H,29,34). The van der Waals surface area contributed by atoms with Crippen LogP contribution in [-0.2, 0) is 11.2 Å². The largest absolute Gasteiger partial charge is 0.388 e. The van der Waals surface area contributed by atoms with Crippen LogP contribution in [0, 0.1) is 0 Å². The zero-order valence-corrected chi connectivity index (χ0v) is 21.1. The maximum absolute atomic E-state index is 13.3. The number of carbonyl (C=O) groups excluding carboxylic acids is 3. The molecule has 2 aromatic carbocycles. The number of nitrogens with zero attached hydrogens (tertiary/aromatic N) is 1. The van der Waals surface area contributed by atoms with Gasteiger partial charge in [-0.15, -0.1) is 0 Å².